The molecule has 0 aliphatic heterocycles. The molecule has 10 heteroatoms. The van der Waals surface area contributed by atoms with Gasteiger partial charge in [0.25, 0.3) is 5.19 Å². The lowest BCUT2D eigenvalue weighted by atomic mass is 10.2. The summed E-state index contributed by atoms with van der Waals surface area (Å²) in [7, 11) is 1.43. The van der Waals surface area contributed by atoms with E-state index < -0.39 is 11.5 Å². The lowest BCUT2D eigenvalue weighted by molar-refractivity contribution is 0.297. The molecule has 0 unspecified atom stereocenters. The van der Waals surface area contributed by atoms with E-state index in [0.29, 0.717) is 0 Å². The van der Waals surface area contributed by atoms with Gasteiger partial charge in [-0.05, 0) is 10.4 Å². The molecule has 0 aromatic carbocycles. The number of hydrogen-bond acceptors (Lipinski definition) is 7. The first-order chi connectivity index (χ1) is 10.6. The highest BCUT2D eigenvalue weighted by Crippen LogP contribution is 2.19. The fourth-order valence-electron chi connectivity index (χ4n) is 1.62. The van der Waals surface area contributed by atoms with Crippen molar-refractivity contribution in [1.29, 1.82) is 0 Å². The molecule has 8 nitrogen and oxygen atoms in total. The van der Waals surface area contributed by atoms with E-state index in [9.17, 15) is 9.18 Å². The third-order valence-corrected chi connectivity index (χ3v) is 3.27. The highest BCUT2D eigenvalue weighted by molar-refractivity contribution is 7.11. The quantitative estimate of drug-likeness (QED) is 0.699. The van der Waals surface area contributed by atoms with Gasteiger partial charge in [-0.1, -0.05) is 11.3 Å². The Kier molecular flexibility index (Phi) is 3.12. The molecule has 21 heavy (non-hydrogen) atoms. The summed E-state index contributed by atoms with van der Waals surface area (Å²) in [5.41, 5.74) is -0.295. The molecule has 0 N–H and O–H groups in total. The Labute approximate surface area is 122 Å². The summed E-state index contributed by atoms with van der Waals surface area (Å²) < 4.78 is 28.6. The zero-order chi connectivity index (χ0) is 15.7. The smallest absolute Gasteiger partial charge is 0.368 e. The Morgan fingerprint density at radius 2 is 2.33 bits per heavy atom. The molecule has 0 atom stereocenters. The van der Waals surface area contributed by atoms with Crippen molar-refractivity contribution < 1.29 is 10.5 Å². The van der Waals surface area contributed by atoms with Gasteiger partial charge in [-0.25, -0.2) is 14.2 Å². The van der Waals surface area contributed by atoms with Crippen molar-refractivity contribution in [2.24, 2.45) is 7.05 Å². The van der Waals surface area contributed by atoms with E-state index in [1.807, 2.05) is 0 Å². The van der Waals surface area contributed by atoms with Gasteiger partial charge in [-0.2, -0.15) is 9.36 Å². The second-order valence-electron chi connectivity index (χ2n) is 3.95. The fraction of sp³-hybridized carbons (Fsp3) is 0.182. The molecular formula is C11H9FN6O2S. The monoisotopic (exact) mass is 310 g/mol. The van der Waals surface area contributed by atoms with Gasteiger partial charge in [-0.15, -0.1) is 0 Å². The number of aryl methyl sites for hydroxylation is 1. The van der Waals surface area contributed by atoms with Gasteiger partial charge < -0.3 is 4.74 Å². The van der Waals surface area contributed by atoms with Crippen molar-refractivity contribution in [2.75, 3.05) is 0 Å². The number of halogens is 1. The number of hydrogen-bond donors (Lipinski definition) is 0. The zero-order valence-electron chi connectivity index (χ0n) is 11.7. The third kappa shape index (κ3) is 2.52. The molecule has 3 aromatic heterocycles. The summed E-state index contributed by atoms with van der Waals surface area (Å²) >= 11 is 1.12. The average Bonchev–Trinajstić information content (AvgIpc) is 3.05. The second-order valence-corrected chi connectivity index (χ2v) is 4.77. The Balaban J connectivity index is 1.96. The molecule has 108 valence electrons. The van der Waals surface area contributed by atoms with Crippen molar-refractivity contribution >= 4 is 11.3 Å². The van der Waals surface area contributed by atoms with Crippen molar-refractivity contribution in [3.8, 4) is 10.9 Å². The number of nitrogens with zero attached hydrogens (tertiary/aromatic N) is 6. The van der Waals surface area contributed by atoms with E-state index >= 15 is 0 Å². The number of rotatable bonds is 4. The Hall–Kier alpha value is -2.62. The van der Waals surface area contributed by atoms with Crippen LogP contribution in [0.25, 0.3) is 5.69 Å². The lowest BCUT2D eigenvalue weighted by Gasteiger charge is -2.08. The van der Waals surface area contributed by atoms with Crippen LogP contribution in [-0.2, 0) is 13.7 Å². The largest absolute Gasteiger partial charge is 0.465 e. The van der Waals surface area contributed by atoms with Crippen LogP contribution in [0.3, 0.4) is 0 Å². The maximum Gasteiger partial charge on any atom is 0.368 e. The van der Waals surface area contributed by atoms with Gasteiger partial charge in [0.05, 0.1) is 25.0 Å². The number of thiazole rings is 1. The summed E-state index contributed by atoms with van der Waals surface area (Å²) in [6.07, 6.45) is 2.39. The molecule has 0 saturated carbocycles. The van der Waals surface area contributed by atoms with Crippen LogP contribution in [-0.4, -0.2) is 29.8 Å². The summed E-state index contributed by atoms with van der Waals surface area (Å²) in [6, 6.07) is 0. The second kappa shape index (κ2) is 5.40. The third-order valence-electron chi connectivity index (χ3n) is 2.64. The van der Waals surface area contributed by atoms with Crippen LogP contribution in [0, 0.1) is 5.82 Å². The molecule has 3 rings (SSSR count). The molecule has 0 amide bonds. The van der Waals surface area contributed by atoms with Crippen LogP contribution in [0.15, 0.2) is 28.7 Å². The summed E-state index contributed by atoms with van der Waals surface area (Å²) in [6.45, 7) is -0.181. The van der Waals surface area contributed by atoms with Crippen LogP contribution in [0.4, 0.5) is 4.39 Å². The van der Waals surface area contributed by atoms with E-state index in [0.717, 1.165) is 26.9 Å². The first-order valence-corrected chi connectivity index (χ1v) is 6.61. The van der Waals surface area contributed by atoms with Gasteiger partial charge in [0.15, 0.2) is 0 Å². The van der Waals surface area contributed by atoms with E-state index in [1.54, 1.807) is 0 Å². The maximum absolute atomic E-state index is 14.0. The molecule has 0 saturated heterocycles. The first kappa shape index (κ1) is 12.1. The number of pyridine rings is 1. The van der Waals surface area contributed by atoms with Gasteiger partial charge in [-0.3, -0.25) is 4.98 Å². The minimum absolute atomic E-state index is 0.0700. The van der Waals surface area contributed by atoms with E-state index in [2.05, 4.69) is 20.4 Å². The van der Waals surface area contributed by atoms with Gasteiger partial charge >= 0.3 is 5.69 Å². The minimum Gasteiger partial charge on any atom is -0.465 e. The molecule has 0 spiro atoms. The lowest BCUT2D eigenvalue weighted by Crippen LogP contribution is -2.23. The summed E-state index contributed by atoms with van der Waals surface area (Å²) in [5, 5.41) is 8.96. The molecular weight excluding hydrogens is 299 g/mol. The van der Waals surface area contributed by atoms with Gasteiger partial charge in [0, 0.05) is 18.6 Å². The van der Waals surface area contributed by atoms with Crippen LogP contribution < -0.4 is 10.4 Å². The first-order valence-electron chi connectivity index (χ1n) is 6.23. The Morgan fingerprint density at radius 3 is 3.00 bits per heavy atom. The van der Waals surface area contributed by atoms with Crippen molar-refractivity contribution in [1.82, 2.24) is 29.8 Å². The van der Waals surface area contributed by atoms with Crippen LogP contribution in [0.5, 0.6) is 5.19 Å². The van der Waals surface area contributed by atoms with Gasteiger partial charge in [0.2, 0.25) is 0 Å². The summed E-state index contributed by atoms with van der Waals surface area (Å²) in [5.74, 6) is -0.641. The van der Waals surface area contributed by atoms with Crippen molar-refractivity contribution in [2.45, 2.75) is 6.61 Å². The number of ether oxygens (including phenoxy) is 1. The highest BCUT2D eigenvalue weighted by Gasteiger charge is 2.16. The fourth-order valence-corrected chi connectivity index (χ4v) is 2.06. The molecule has 0 fully saturated rings. The van der Waals surface area contributed by atoms with E-state index in [-0.39, 0.29) is 29.2 Å². The molecule has 0 radical (unpaired) electrons. The number of aromatic nitrogens is 6. The molecule has 3 aromatic rings. The van der Waals surface area contributed by atoms with Crippen LogP contribution in [0.1, 0.15) is 6.93 Å². The molecule has 0 aliphatic rings. The highest BCUT2D eigenvalue weighted by atomic mass is 32.1. The molecule has 0 bridgehead atoms. The average molecular weight is 310 g/mol. The van der Waals surface area contributed by atoms with E-state index in [1.165, 1.54) is 18.6 Å². The molecule has 3 heterocycles. The van der Waals surface area contributed by atoms with Crippen LogP contribution in [0.2, 0.25) is 0 Å². The Morgan fingerprint density at radius 1 is 1.48 bits per heavy atom. The minimum atomic E-state index is -0.641. The summed E-state index contributed by atoms with van der Waals surface area (Å²) in [4.78, 5) is 19.4. The number of tetrazole rings is 1. The van der Waals surface area contributed by atoms with Gasteiger partial charge in [0.1, 0.15) is 12.4 Å². The topological polar surface area (TPSA) is 87.7 Å². The maximum atomic E-state index is 14.0. The predicted octanol–water partition coefficient (Wildman–Crippen LogP) is 0.536. The SMILES string of the molecule is [3H]c1csc(OCc2c(F)cncc2-n2nnn(C)c2=O)n1. The standard InChI is InChI=1S/C11H9FN6O2S/c1-17-11(19)18(16-15-17)9-5-13-4-8(12)7(9)6-20-10-14-2-3-21-10/h2-5H,6H2,1H3/i2T. The molecule has 0 aliphatic carbocycles. The normalized spacial score (nSPS) is 11.4. The predicted molar refractivity (Wildman–Crippen MR) is 70.8 cm³/mol. The zero-order valence-corrected chi connectivity index (χ0v) is 11.5. The van der Waals surface area contributed by atoms with Crippen LogP contribution >= 0.6 is 11.3 Å². The van der Waals surface area contributed by atoms with Crippen molar-refractivity contribution in [3.63, 3.8) is 0 Å². The van der Waals surface area contributed by atoms with E-state index in [4.69, 9.17) is 6.11 Å². The van der Waals surface area contributed by atoms with Crippen molar-refractivity contribution in [3.05, 3.63) is 45.8 Å². The Bertz CT molecular complexity index is 876.